The largest absolute Gasteiger partial charge is 0.310 e. The summed E-state index contributed by atoms with van der Waals surface area (Å²) in [6, 6.07) is 8.93. The first kappa shape index (κ1) is 13.7. The molecule has 0 aromatic heterocycles. The first-order valence-corrected chi connectivity index (χ1v) is 6.52. The molecule has 0 unspecified atom stereocenters. The minimum absolute atomic E-state index is 0.426. The Morgan fingerprint density at radius 1 is 1.25 bits per heavy atom. The lowest BCUT2D eigenvalue weighted by Gasteiger charge is -2.15. The SMILES string of the molecule is C[C@@H](NCCCN(C)C)c1ccc(Br)cc1. The number of nitrogens with zero attached hydrogens (tertiary/aromatic N) is 1. The van der Waals surface area contributed by atoms with Crippen LogP contribution in [0.1, 0.15) is 24.9 Å². The van der Waals surface area contributed by atoms with Gasteiger partial charge in [0.15, 0.2) is 0 Å². The molecule has 0 aliphatic carbocycles. The van der Waals surface area contributed by atoms with E-state index < -0.39 is 0 Å². The van der Waals surface area contributed by atoms with Gasteiger partial charge in [-0.3, -0.25) is 0 Å². The predicted molar refractivity (Wildman–Crippen MR) is 73.7 cm³/mol. The summed E-state index contributed by atoms with van der Waals surface area (Å²) < 4.78 is 1.14. The molecule has 0 radical (unpaired) electrons. The number of hydrogen-bond donors (Lipinski definition) is 1. The second-order valence-corrected chi connectivity index (χ2v) is 5.30. The summed E-state index contributed by atoms with van der Waals surface area (Å²) in [7, 11) is 4.22. The van der Waals surface area contributed by atoms with Crippen LogP contribution in [0, 0.1) is 0 Å². The van der Waals surface area contributed by atoms with E-state index in [1.54, 1.807) is 0 Å². The molecule has 1 atom stereocenters. The second-order valence-electron chi connectivity index (χ2n) is 4.38. The van der Waals surface area contributed by atoms with E-state index in [0.29, 0.717) is 6.04 Å². The Morgan fingerprint density at radius 3 is 2.44 bits per heavy atom. The molecule has 0 saturated carbocycles. The minimum atomic E-state index is 0.426. The average molecular weight is 285 g/mol. The molecular weight excluding hydrogens is 264 g/mol. The minimum Gasteiger partial charge on any atom is -0.310 e. The lowest BCUT2D eigenvalue weighted by Crippen LogP contribution is -2.23. The molecule has 0 aliphatic heterocycles. The second kappa shape index (κ2) is 7.05. The van der Waals surface area contributed by atoms with Crippen molar-refractivity contribution in [2.75, 3.05) is 27.2 Å². The molecule has 0 heterocycles. The van der Waals surface area contributed by atoms with E-state index in [-0.39, 0.29) is 0 Å². The van der Waals surface area contributed by atoms with Crippen molar-refractivity contribution < 1.29 is 0 Å². The number of benzene rings is 1. The molecule has 16 heavy (non-hydrogen) atoms. The third kappa shape index (κ3) is 5.10. The summed E-state index contributed by atoms with van der Waals surface area (Å²) >= 11 is 3.45. The molecule has 0 aliphatic rings. The summed E-state index contributed by atoms with van der Waals surface area (Å²) in [6.07, 6.45) is 1.19. The van der Waals surface area contributed by atoms with Gasteiger partial charge in [0.25, 0.3) is 0 Å². The molecule has 0 amide bonds. The first-order valence-electron chi connectivity index (χ1n) is 5.73. The van der Waals surface area contributed by atoms with Crippen LogP contribution in [0.15, 0.2) is 28.7 Å². The van der Waals surface area contributed by atoms with Gasteiger partial charge in [0.05, 0.1) is 0 Å². The van der Waals surface area contributed by atoms with Gasteiger partial charge >= 0.3 is 0 Å². The van der Waals surface area contributed by atoms with Gasteiger partial charge in [0.1, 0.15) is 0 Å². The van der Waals surface area contributed by atoms with E-state index in [0.717, 1.165) is 17.6 Å². The van der Waals surface area contributed by atoms with E-state index in [9.17, 15) is 0 Å². The van der Waals surface area contributed by atoms with Gasteiger partial charge in [-0.2, -0.15) is 0 Å². The van der Waals surface area contributed by atoms with Crippen LogP contribution >= 0.6 is 15.9 Å². The zero-order valence-corrected chi connectivity index (χ0v) is 11.9. The molecule has 1 N–H and O–H groups in total. The summed E-state index contributed by atoms with van der Waals surface area (Å²) in [5, 5.41) is 3.53. The van der Waals surface area contributed by atoms with Crippen LogP contribution in [0.4, 0.5) is 0 Å². The fourth-order valence-corrected chi connectivity index (χ4v) is 1.85. The summed E-state index contributed by atoms with van der Waals surface area (Å²) in [5.41, 5.74) is 1.34. The highest BCUT2D eigenvalue weighted by Crippen LogP contribution is 2.16. The number of nitrogens with one attached hydrogen (secondary N) is 1. The van der Waals surface area contributed by atoms with Gasteiger partial charge < -0.3 is 10.2 Å². The van der Waals surface area contributed by atoms with Crippen LogP contribution < -0.4 is 5.32 Å². The maximum atomic E-state index is 3.53. The standard InChI is InChI=1S/C13H21BrN2/c1-11(15-9-4-10-16(2)3)12-5-7-13(14)8-6-12/h5-8,11,15H,4,9-10H2,1-3H3/t11-/m1/s1. The molecule has 0 saturated heterocycles. The fourth-order valence-electron chi connectivity index (χ4n) is 1.58. The van der Waals surface area contributed by atoms with E-state index >= 15 is 0 Å². The third-order valence-corrected chi connectivity index (χ3v) is 3.13. The number of rotatable bonds is 6. The van der Waals surface area contributed by atoms with Crippen molar-refractivity contribution in [2.24, 2.45) is 0 Å². The Hall–Kier alpha value is -0.380. The van der Waals surface area contributed by atoms with Crippen molar-refractivity contribution >= 4 is 15.9 Å². The van der Waals surface area contributed by atoms with Gasteiger partial charge in [-0.1, -0.05) is 28.1 Å². The van der Waals surface area contributed by atoms with Gasteiger partial charge in [-0.05, 0) is 58.2 Å². The zero-order chi connectivity index (χ0) is 12.0. The Morgan fingerprint density at radius 2 is 1.88 bits per heavy atom. The number of halogens is 1. The van der Waals surface area contributed by atoms with Crippen LogP contribution in [0.25, 0.3) is 0 Å². The smallest absolute Gasteiger partial charge is 0.0291 e. The molecule has 0 bridgehead atoms. The van der Waals surface area contributed by atoms with Crippen LogP contribution in [0.3, 0.4) is 0 Å². The van der Waals surface area contributed by atoms with E-state index in [1.165, 1.54) is 12.0 Å². The maximum absolute atomic E-state index is 3.53. The van der Waals surface area contributed by atoms with Gasteiger partial charge in [-0.25, -0.2) is 0 Å². The van der Waals surface area contributed by atoms with Crippen LogP contribution in [0.5, 0.6) is 0 Å². The normalized spacial score (nSPS) is 13.1. The lowest BCUT2D eigenvalue weighted by atomic mass is 10.1. The van der Waals surface area contributed by atoms with Crippen LogP contribution in [0.2, 0.25) is 0 Å². The predicted octanol–water partition coefficient (Wildman–Crippen LogP) is 3.05. The zero-order valence-electron chi connectivity index (χ0n) is 10.3. The summed E-state index contributed by atoms with van der Waals surface area (Å²) in [4.78, 5) is 2.21. The van der Waals surface area contributed by atoms with Crippen molar-refractivity contribution in [3.05, 3.63) is 34.3 Å². The molecule has 1 rings (SSSR count). The van der Waals surface area contributed by atoms with Gasteiger partial charge in [-0.15, -0.1) is 0 Å². The highest BCUT2D eigenvalue weighted by atomic mass is 79.9. The highest BCUT2D eigenvalue weighted by Gasteiger charge is 2.03. The van der Waals surface area contributed by atoms with E-state index in [1.807, 2.05) is 0 Å². The Labute approximate surface area is 107 Å². The number of hydrogen-bond acceptors (Lipinski definition) is 2. The maximum Gasteiger partial charge on any atom is 0.0291 e. The average Bonchev–Trinajstić information content (AvgIpc) is 2.25. The topological polar surface area (TPSA) is 15.3 Å². The van der Waals surface area contributed by atoms with Crippen LogP contribution in [-0.4, -0.2) is 32.1 Å². The summed E-state index contributed by atoms with van der Waals surface area (Å²) in [6.45, 7) is 4.41. The molecular formula is C13H21BrN2. The summed E-state index contributed by atoms with van der Waals surface area (Å²) in [5.74, 6) is 0. The van der Waals surface area contributed by atoms with Gasteiger partial charge in [0.2, 0.25) is 0 Å². The monoisotopic (exact) mass is 284 g/mol. The van der Waals surface area contributed by atoms with Crippen molar-refractivity contribution in [3.63, 3.8) is 0 Å². The first-order chi connectivity index (χ1) is 7.59. The molecule has 0 fully saturated rings. The van der Waals surface area contributed by atoms with Crippen molar-refractivity contribution in [2.45, 2.75) is 19.4 Å². The quantitative estimate of drug-likeness (QED) is 0.808. The lowest BCUT2D eigenvalue weighted by molar-refractivity contribution is 0.389. The molecule has 1 aromatic carbocycles. The molecule has 2 nitrogen and oxygen atoms in total. The van der Waals surface area contributed by atoms with E-state index in [4.69, 9.17) is 0 Å². The fraction of sp³-hybridized carbons (Fsp3) is 0.538. The molecule has 1 aromatic rings. The Bertz CT molecular complexity index is 295. The van der Waals surface area contributed by atoms with Crippen molar-refractivity contribution in [1.29, 1.82) is 0 Å². The van der Waals surface area contributed by atoms with E-state index in [2.05, 4.69) is 71.4 Å². The molecule has 90 valence electrons. The highest BCUT2D eigenvalue weighted by molar-refractivity contribution is 9.10. The van der Waals surface area contributed by atoms with Crippen LogP contribution in [-0.2, 0) is 0 Å². The Kier molecular flexibility index (Phi) is 6.03. The molecule has 3 heteroatoms. The van der Waals surface area contributed by atoms with Gasteiger partial charge in [0, 0.05) is 10.5 Å². The van der Waals surface area contributed by atoms with Crippen molar-refractivity contribution in [1.82, 2.24) is 10.2 Å². The Balaban J connectivity index is 2.29. The van der Waals surface area contributed by atoms with Crippen molar-refractivity contribution in [3.8, 4) is 0 Å². The molecule has 0 spiro atoms. The third-order valence-electron chi connectivity index (χ3n) is 2.60.